The fourth-order valence-corrected chi connectivity index (χ4v) is 9.44. The lowest BCUT2D eigenvalue weighted by Gasteiger charge is -2.36. The number of thioether (sulfide) groups is 1. The van der Waals surface area contributed by atoms with Crippen molar-refractivity contribution in [1.82, 2.24) is 19.8 Å². The zero-order valence-electron chi connectivity index (χ0n) is 34.3. The van der Waals surface area contributed by atoms with Gasteiger partial charge < -0.3 is 19.9 Å². The van der Waals surface area contributed by atoms with Gasteiger partial charge in [-0.05, 0) is 110 Å². The summed E-state index contributed by atoms with van der Waals surface area (Å²) in [6.45, 7) is 4.51. The number of nitrogens with one attached hydrogen (secondary N) is 2. The highest BCUT2D eigenvalue weighted by Gasteiger charge is 2.31. The molecular weight excluding hydrogens is 877 g/mol. The van der Waals surface area contributed by atoms with E-state index in [9.17, 15) is 31.7 Å². The van der Waals surface area contributed by atoms with E-state index in [0.29, 0.717) is 39.5 Å². The number of hydrogen-bond acceptors (Lipinski definition) is 12. The Bertz CT molecular complexity index is 2660. The zero-order chi connectivity index (χ0) is 44.7. The van der Waals surface area contributed by atoms with Crippen LogP contribution in [0.3, 0.4) is 0 Å². The van der Waals surface area contributed by atoms with Crippen molar-refractivity contribution in [3.05, 3.63) is 136 Å². The molecule has 13 nitrogen and oxygen atoms in total. The first-order valence-corrected chi connectivity index (χ1v) is 22.7. The molecule has 2 heterocycles. The van der Waals surface area contributed by atoms with Crippen LogP contribution in [-0.2, 0) is 16.6 Å². The maximum atomic E-state index is 13.8. The Morgan fingerprint density at radius 3 is 2.38 bits per heavy atom. The van der Waals surface area contributed by atoms with Gasteiger partial charge in [0.15, 0.2) is 5.82 Å². The van der Waals surface area contributed by atoms with E-state index in [1.54, 1.807) is 6.07 Å². The number of nitro groups is 1. The smallest absolute Gasteiger partial charge is 0.406 e. The number of fused-ring (bicyclic) bond motifs is 1. The van der Waals surface area contributed by atoms with Gasteiger partial charge >= 0.3 is 6.36 Å². The molecule has 63 heavy (non-hydrogen) atoms. The van der Waals surface area contributed by atoms with Crippen molar-refractivity contribution in [2.45, 2.75) is 35.2 Å². The molecule has 5 aromatic carbocycles. The van der Waals surface area contributed by atoms with Crippen molar-refractivity contribution in [1.29, 1.82) is 0 Å². The Kier molecular flexibility index (Phi) is 14.3. The molecule has 1 aliphatic heterocycles. The molecule has 0 saturated carbocycles. The summed E-state index contributed by atoms with van der Waals surface area (Å²) < 4.78 is 71.8. The third kappa shape index (κ3) is 12.1. The number of piperazine rings is 1. The zero-order valence-corrected chi connectivity index (χ0v) is 36.6. The second kappa shape index (κ2) is 19.8. The second-order valence-corrected chi connectivity index (χ2v) is 18.4. The number of hydrogen-bond donors (Lipinski definition) is 2. The van der Waals surface area contributed by atoms with Gasteiger partial charge in [-0.15, -0.1) is 24.9 Å². The van der Waals surface area contributed by atoms with Crippen LogP contribution >= 0.6 is 23.4 Å². The monoisotopic (exact) mass is 920 g/mol. The topological polar surface area (TPSA) is 146 Å². The van der Waals surface area contributed by atoms with E-state index < -0.39 is 27.0 Å². The van der Waals surface area contributed by atoms with E-state index >= 15 is 0 Å². The van der Waals surface area contributed by atoms with Crippen LogP contribution in [0, 0.1) is 10.1 Å². The van der Waals surface area contributed by atoms with E-state index in [1.165, 1.54) is 54.5 Å². The molecule has 1 atom stereocenters. The van der Waals surface area contributed by atoms with Crippen molar-refractivity contribution in [2.24, 2.45) is 0 Å². The Hall–Kier alpha value is -5.66. The Balaban J connectivity index is 1.01. The number of benzene rings is 5. The molecule has 2 N–H and O–H groups in total. The van der Waals surface area contributed by atoms with Crippen molar-refractivity contribution in [3.63, 3.8) is 0 Å². The summed E-state index contributed by atoms with van der Waals surface area (Å²) in [5.41, 5.74) is 4.56. The molecule has 330 valence electrons. The molecule has 1 aromatic heterocycles. The van der Waals surface area contributed by atoms with E-state index in [4.69, 9.17) is 11.6 Å². The molecule has 0 unspecified atom stereocenters. The lowest BCUT2D eigenvalue weighted by Crippen LogP contribution is -2.46. The van der Waals surface area contributed by atoms with Crippen LogP contribution in [0.4, 0.5) is 36.1 Å². The van der Waals surface area contributed by atoms with Gasteiger partial charge in [0.1, 0.15) is 17.8 Å². The van der Waals surface area contributed by atoms with E-state index in [1.807, 2.05) is 61.5 Å². The average Bonchev–Trinajstić information content (AvgIpc) is 3.25. The fourth-order valence-electron chi connectivity index (χ4n) is 7.22. The van der Waals surface area contributed by atoms with E-state index in [-0.39, 0.29) is 28.2 Å². The van der Waals surface area contributed by atoms with Crippen molar-refractivity contribution < 1.29 is 31.2 Å². The molecular formula is C44H44ClF3N8O5S2. The number of halogens is 4. The first-order valence-electron chi connectivity index (χ1n) is 19.9. The summed E-state index contributed by atoms with van der Waals surface area (Å²) in [5.74, 6) is 0.0715. The average molecular weight is 921 g/mol. The molecule has 0 amide bonds. The molecule has 1 saturated heterocycles. The quantitative estimate of drug-likeness (QED) is 0.0511. The van der Waals surface area contributed by atoms with Crippen LogP contribution < -0.4 is 19.7 Å². The van der Waals surface area contributed by atoms with Gasteiger partial charge in [-0.1, -0.05) is 48.0 Å². The van der Waals surface area contributed by atoms with Crippen LogP contribution in [0.25, 0.3) is 22.0 Å². The van der Waals surface area contributed by atoms with Crippen LogP contribution in [-0.4, -0.2) is 98.1 Å². The fraction of sp³-hybridized carbons (Fsp3) is 0.273. The molecule has 0 spiro atoms. The predicted molar refractivity (Wildman–Crippen MR) is 242 cm³/mol. The molecule has 1 aliphatic rings. The second-order valence-electron chi connectivity index (χ2n) is 15.2. The minimum Gasteiger partial charge on any atom is -0.406 e. The number of alkyl halides is 3. The summed E-state index contributed by atoms with van der Waals surface area (Å²) in [4.78, 5) is 27.3. The molecule has 0 bridgehead atoms. The predicted octanol–water partition coefficient (Wildman–Crippen LogP) is 9.40. The molecule has 7 rings (SSSR count). The number of ether oxygens (including phenoxy) is 1. The van der Waals surface area contributed by atoms with Crippen molar-refractivity contribution in [2.75, 3.05) is 67.5 Å². The number of rotatable bonds is 17. The molecule has 6 aromatic rings. The first-order chi connectivity index (χ1) is 30.1. The number of anilines is 3. The summed E-state index contributed by atoms with van der Waals surface area (Å²) in [7, 11) is -0.601. The van der Waals surface area contributed by atoms with Gasteiger partial charge in [-0.2, -0.15) is 0 Å². The third-order valence-corrected chi connectivity index (χ3v) is 13.1. The normalized spacial score (nSPS) is 14.2. The van der Waals surface area contributed by atoms with Crippen LogP contribution in [0.15, 0.2) is 125 Å². The summed E-state index contributed by atoms with van der Waals surface area (Å²) in [5, 5.41) is 16.7. The van der Waals surface area contributed by atoms with Gasteiger partial charge in [0.25, 0.3) is 15.7 Å². The molecule has 0 aliphatic carbocycles. The molecule has 0 radical (unpaired) electrons. The lowest BCUT2D eigenvalue weighted by molar-refractivity contribution is -0.384. The Labute approximate surface area is 372 Å². The first kappa shape index (κ1) is 45.4. The van der Waals surface area contributed by atoms with Gasteiger partial charge in [-0.3, -0.25) is 19.7 Å². The van der Waals surface area contributed by atoms with Gasteiger partial charge in [-0.25, -0.2) is 18.4 Å². The Morgan fingerprint density at radius 1 is 0.937 bits per heavy atom. The SMILES string of the molecule is CN(C)CC[C@H](CSc1ccc(OC(F)(F)F)cc1)Nc1ccc(S(=O)(=O)Nc2ncnc3cc(N4CCN(Cc5cc(Cl)ccc5-c5ccccc5)CC4)ccc23)cc1[N+](=O)[O-]. The van der Waals surface area contributed by atoms with E-state index in [0.717, 1.165) is 61.2 Å². The molecule has 1 fully saturated rings. The highest BCUT2D eigenvalue weighted by atomic mass is 35.5. The number of nitro benzene ring substituents is 1. The minimum absolute atomic E-state index is 0.0238. The van der Waals surface area contributed by atoms with E-state index in [2.05, 4.69) is 52.7 Å². The number of nitrogens with zero attached hydrogens (tertiary/aromatic N) is 6. The Morgan fingerprint density at radius 2 is 1.68 bits per heavy atom. The summed E-state index contributed by atoms with van der Waals surface area (Å²) in [6, 6.07) is 30.5. The highest BCUT2D eigenvalue weighted by molar-refractivity contribution is 7.99. The van der Waals surface area contributed by atoms with Crippen LogP contribution in [0.2, 0.25) is 5.02 Å². The van der Waals surface area contributed by atoms with Crippen molar-refractivity contribution >= 4 is 67.2 Å². The van der Waals surface area contributed by atoms with Crippen LogP contribution in [0.5, 0.6) is 5.75 Å². The van der Waals surface area contributed by atoms with Gasteiger partial charge in [0.05, 0.1) is 15.3 Å². The maximum Gasteiger partial charge on any atom is 0.573 e. The third-order valence-electron chi connectivity index (χ3n) is 10.4. The minimum atomic E-state index is -4.81. The van der Waals surface area contributed by atoms with Gasteiger partial charge in [0, 0.05) is 71.6 Å². The lowest BCUT2D eigenvalue weighted by atomic mass is 9.99. The number of aromatic nitrogens is 2. The van der Waals surface area contributed by atoms with Gasteiger partial charge in [0.2, 0.25) is 0 Å². The largest absolute Gasteiger partial charge is 0.573 e. The molecule has 19 heteroatoms. The van der Waals surface area contributed by atoms with Crippen molar-refractivity contribution in [3.8, 4) is 16.9 Å². The summed E-state index contributed by atoms with van der Waals surface area (Å²) >= 11 is 7.76. The number of sulfonamides is 1. The standard InChI is InChI=1S/C44H44ClF3N8O5S2/c1-53(2)19-18-33(28-62-36-12-10-35(11-13-36)61-44(46,47)48)51-40-17-14-37(26-42(40)56(57)58)63(59,60)52-43-39-16-9-34(25-41(39)49-29-50-43)55-22-20-54(21-23-55)27-31-24-32(45)8-15-38(31)30-6-4-3-5-7-30/h3-17,24-26,29,33,51H,18-23,27-28H2,1-2H3,(H,49,50,52)/t33-/m1/s1. The highest BCUT2D eigenvalue weighted by Crippen LogP contribution is 2.34. The van der Waals surface area contributed by atoms with Crippen LogP contribution in [0.1, 0.15) is 12.0 Å². The summed E-state index contributed by atoms with van der Waals surface area (Å²) in [6.07, 6.45) is -2.99. The maximum absolute atomic E-state index is 13.8.